The number of ether oxygens (including phenoxy) is 1. The summed E-state index contributed by atoms with van der Waals surface area (Å²) in [5.74, 6) is 0.706. The van der Waals surface area contributed by atoms with E-state index in [1.807, 2.05) is 0 Å². The second kappa shape index (κ2) is 6.57. The van der Waals surface area contributed by atoms with Crippen molar-refractivity contribution in [3.05, 3.63) is 35.9 Å². The first-order valence-corrected chi connectivity index (χ1v) is 9.69. The quantitative estimate of drug-likeness (QED) is 0.874. The van der Waals surface area contributed by atoms with E-state index in [-0.39, 0.29) is 5.54 Å². The molecule has 0 bridgehead atoms. The lowest BCUT2D eigenvalue weighted by molar-refractivity contribution is 0.104. The molecule has 126 valence electrons. The molecule has 1 spiro atoms. The van der Waals surface area contributed by atoms with Crippen LogP contribution in [0.15, 0.2) is 30.3 Å². The van der Waals surface area contributed by atoms with Crippen molar-refractivity contribution < 1.29 is 4.74 Å². The molecule has 0 radical (unpaired) electrons. The van der Waals surface area contributed by atoms with Gasteiger partial charge < -0.3 is 10.1 Å². The lowest BCUT2D eigenvalue weighted by Gasteiger charge is -2.46. The van der Waals surface area contributed by atoms with E-state index in [4.69, 9.17) is 4.74 Å². The molecular weight excluding hydrogens is 282 g/mol. The molecule has 1 atom stereocenters. The maximum Gasteiger partial charge on any atom is 0.0507 e. The molecule has 2 saturated carbocycles. The Hall–Kier alpha value is -0.860. The molecule has 4 rings (SSSR count). The molecule has 1 unspecified atom stereocenters. The second-order valence-electron chi connectivity index (χ2n) is 8.27. The lowest BCUT2D eigenvalue weighted by atomic mass is 9.64. The Morgan fingerprint density at radius 3 is 2.35 bits per heavy atom. The molecule has 2 heteroatoms. The van der Waals surface area contributed by atoms with Gasteiger partial charge in [-0.05, 0) is 61.8 Å². The Morgan fingerprint density at radius 2 is 1.70 bits per heavy atom. The van der Waals surface area contributed by atoms with Crippen LogP contribution in [0.25, 0.3) is 0 Å². The zero-order chi connectivity index (χ0) is 15.6. The first-order chi connectivity index (χ1) is 11.3. The fourth-order valence-electron chi connectivity index (χ4n) is 5.24. The molecule has 3 fully saturated rings. The van der Waals surface area contributed by atoms with Crippen LogP contribution in [0.5, 0.6) is 0 Å². The minimum absolute atomic E-state index is 0.206. The van der Waals surface area contributed by atoms with E-state index in [1.165, 1.54) is 63.4 Å². The highest BCUT2D eigenvalue weighted by molar-refractivity contribution is 5.26. The molecule has 2 aliphatic carbocycles. The first-order valence-electron chi connectivity index (χ1n) is 9.69. The SMILES string of the molecule is c1ccc(C2(NCC3CCOC3)CCC3(CCCC3)CC2)cc1. The minimum atomic E-state index is 0.206. The summed E-state index contributed by atoms with van der Waals surface area (Å²) in [6, 6.07) is 11.2. The molecule has 1 aromatic rings. The Bertz CT molecular complexity index is 484. The molecule has 3 aliphatic rings. The average Bonchev–Trinajstić information content (AvgIpc) is 3.28. The highest BCUT2D eigenvalue weighted by Crippen LogP contribution is 2.53. The fraction of sp³-hybridized carbons (Fsp3) is 0.714. The van der Waals surface area contributed by atoms with Gasteiger partial charge in [-0.15, -0.1) is 0 Å². The van der Waals surface area contributed by atoms with Crippen molar-refractivity contribution >= 4 is 0 Å². The third-order valence-corrected chi connectivity index (χ3v) is 6.91. The van der Waals surface area contributed by atoms with Crippen molar-refractivity contribution in [3.63, 3.8) is 0 Å². The van der Waals surface area contributed by atoms with Crippen LogP contribution in [0, 0.1) is 11.3 Å². The maximum absolute atomic E-state index is 5.57. The normalized spacial score (nSPS) is 29.1. The predicted octanol–water partition coefficient (Wildman–Crippen LogP) is 4.64. The van der Waals surface area contributed by atoms with Gasteiger partial charge in [0.25, 0.3) is 0 Å². The highest BCUT2D eigenvalue weighted by atomic mass is 16.5. The van der Waals surface area contributed by atoms with Gasteiger partial charge in [-0.3, -0.25) is 0 Å². The largest absolute Gasteiger partial charge is 0.381 e. The third-order valence-electron chi connectivity index (χ3n) is 6.91. The van der Waals surface area contributed by atoms with Crippen molar-refractivity contribution in [3.8, 4) is 0 Å². The molecule has 1 saturated heterocycles. The Kier molecular flexibility index (Phi) is 4.47. The van der Waals surface area contributed by atoms with Gasteiger partial charge in [0.2, 0.25) is 0 Å². The van der Waals surface area contributed by atoms with Gasteiger partial charge in [-0.2, -0.15) is 0 Å². The van der Waals surface area contributed by atoms with E-state index in [2.05, 4.69) is 35.6 Å². The summed E-state index contributed by atoms with van der Waals surface area (Å²) in [7, 11) is 0. The predicted molar refractivity (Wildman–Crippen MR) is 94.4 cm³/mol. The Labute approximate surface area is 141 Å². The number of hydrogen-bond donors (Lipinski definition) is 1. The van der Waals surface area contributed by atoms with Crippen LogP contribution in [0.2, 0.25) is 0 Å². The summed E-state index contributed by atoms with van der Waals surface area (Å²) in [5, 5.41) is 4.02. The summed E-state index contributed by atoms with van der Waals surface area (Å²) < 4.78 is 5.57. The summed E-state index contributed by atoms with van der Waals surface area (Å²) in [6.07, 6.45) is 12.6. The Morgan fingerprint density at radius 1 is 0.957 bits per heavy atom. The van der Waals surface area contributed by atoms with Gasteiger partial charge in [0, 0.05) is 18.7 Å². The van der Waals surface area contributed by atoms with Gasteiger partial charge in [-0.25, -0.2) is 0 Å². The average molecular weight is 313 g/mol. The first kappa shape index (κ1) is 15.7. The van der Waals surface area contributed by atoms with E-state index in [9.17, 15) is 0 Å². The number of hydrogen-bond acceptors (Lipinski definition) is 2. The summed E-state index contributed by atoms with van der Waals surface area (Å²) in [6.45, 7) is 3.01. The van der Waals surface area contributed by atoms with Crippen LogP contribution in [0.4, 0.5) is 0 Å². The highest BCUT2D eigenvalue weighted by Gasteiger charge is 2.44. The van der Waals surface area contributed by atoms with E-state index >= 15 is 0 Å². The lowest BCUT2D eigenvalue weighted by Crippen LogP contribution is -2.48. The zero-order valence-corrected chi connectivity index (χ0v) is 14.4. The molecule has 1 N–H and O–H groups in total. The summed E-state index contributed by atoms with van der Waals surface area (Å²) in [5.41, 5.74) is 2.40. The van der Waals surface area contributed by atoms with Crippen molar-refractivity contribution in [2.24, 2.45) is 11.3 Å². The van der Waals surface area contributed by atoms with Crippen molar-refractivity contribution in [2.45, 2.75) is 63.3 Å². The van der Waals surface area contributed by atoms with Crippen LogP contribution >= 0.6 is 0 Å². The van der Waals surface area contributed by atoms with E-state index in [1.54, 1.807) is 0 Å². The monoisotopic (exact) mass is 313 g/mol. The van der Waals surface area contributed by atoms with Gasteiger partial charge in [0.1, 0.15) is 0 Å². The number of benzene rings is 1. The van der Waals surface area contributed by atoms with E-state index in [0.29, 0.717) is 11.3 Å². The van der Waals surface area contributed by atoms with Gasteiger partial charge in [-0.1, -0.05) is 43.2 Å². The van der Waals surface area contributed by atoms with Crippen LogP contribution in [-0.4, -0.2) is 19.8 Å². The van der Waals surface area contributed by atoms with Crippen molar-refractivity contribution in [1.29, 1.82) is 0 Å². The second-order valence-corrected chi connectivity index (χ2v) is 8.27. The fourth-order valence-corrected chi connectivity index (χ4v) is 5.24. The number of nitrogens with one attached hydrogen (secondary N) is 1. The van der Waals surface area contributed by atoms with Gasteiger partial charge in [0.05, 0.1) is 6.61 Å². The van der Waals surface area contributed by atoms with Crippen LogP contribution < -0.4 is 5.32 Å². The van der Waals surface area contributed by atoms with Crippen molar-refractivity contribution in [2.75, 3.05) is 19.8 Å². The third kappa shape index (κ3) is 3.21. The molecule has 23 heavy (non-hydrogen) atoms. The summed E-state index contributed by atoms with van der Waals surface area (Å²) in [4.78, 5) is 0. The topological polar surface area (TPSA) is 21.3 Å². The number of rotatable bonds is 4. The molecule has 1 heterocycles. The molecule has 1 aromatic carbocycles. The van der Waals surface area contributed by atoms with Crippen LogP contribution in [-0.2, 0) is 10.3 Å². The van der Waals surface area contributed by atoms with Crippen molar-refractivity contribution in [1.82, 2.24) is 5.32 Å². The van der Waals surface area contributed by atoms with Gasteiger partial charge in [0.15, 0.2) is 0 Å². The Balaban J connectivity index is 1.50. The molecule has 2 nitrogen and oxygen atoms in total. The molecular formula is C21H31NO. The molecule has 0 aromatic heterocycles. The standard InChI is InChI=1S/C21H31NO/c1-2-6-19(7-3-1)21(22-16-18-8-15-23-17-18)13-11-20(12-14-21)9-4-5-10-20/h1-3,6-7,18,22H,4-5,8-17H2. The van der Waals surface area contributed by atoms with Crippen LogP contribution in [0.3, 0.4) is 0 Å². The zero-order valence-electron chi connectivity index (χ0n) is 14.4. The smallest absolute Gasteiger partial charge is 0.0507 e. The van der Waals surface area contributed by atoms with E-state index in [0.717, 1.165) is 19.8 Å². The maximum atomic E-state index is 5.57. The summed E-state index contributed by atoms with van der Waals surface area (Å²) >= 11 is 0. The molecule has 0 amide bonds. The van der Waals surface area contributed by atoms with E-state index < -0.39 is 0 Å². The molecule has 1 aliphatic heterocycles. The van der Waals surface area contributed by atoms with Crippen LogP contribution in [0.1, 0.15) is 63.4 Å². The minimum Gasteiger partial charge on any atom is -0.381 e. The van der Waals surface area contributed by atoms with Gasteiger partial charge >= 0.3 is 0 Å².